The van der Waals surface area contributed by atoms with Crippen LogP contribution < -0.4 is 25.6 Å². The molecule has 1 aliphatic heterocycles. The number of rotatable bonds is 7. The number of hydrogen-bond acceptors (Lipinski definition) is 6. The third-order valence-corrected chi connectivity index (χ3v) is 6.86. The molecule has 180 valence electrons. The summed E-state index contributed by atoms with van der Waals surface area (Å²) in [5, 5.41) is 11.3. The number of piperazine rings is 1. The summed E-state index contributed by atoms with van der Waals surface area (Å²) in [7, 11) is 1.64. The average Bonchev–Trinajstić information content (AvgIpc) is 3.33. The van der Waals surface area contributed by atoms with Gasteiger partial charge >= 0.3 is 6.03 Å². The zero-order valence-electron chi connectivity index (χ0n) is 19.7. The molecule has 0 radical (unpaired) electrons. The molecule has 0 atom stereocenters. The average molecular weight is 484 g/mol. The second-order valence-corrected chi connectivity index (χ2v) is 9.58. The van der Waals surface area contributed by atoms with Crippen LogP contribution in [0.25, 0.3) is 0 Å². The number of thiazole rings is 1. The Morgan fingerprint density at radius 1 is 1.21 bits per heavy atom. The number of halogens is 1. The fourth-order valence-corrected chi connectivity index (χ4v) is 4.79. The standard InChI is InChI=1S/C25H30FN5O2S/c1-25(2,18-5-7-19(33-3)8-6-18)22-16-34-24(29-22)30-23(32)28-15-17-4-9-21(20(26)14-17)31-12-10-27-11-13-31/h4-9,14,16,27H,10-13,15H2,1-3H3,(H2,28,29,30,32). The molecule has 1 aliphatic rings. The highest BCUT2D eigenvalue weighted by Crippen LogP contribution is 2.34. The van der Waals surface area contributed by atoms with E-state index in [9.17, 15) is 9.18 Å². The molecule has 2 aromatic carbocycles. The Balaban J connectivity index is 1.33. The number of benzene rings is 2. The molecular formula is C25H30FN5O2S. The van der Waals surface area contributed by atoms with Crippen LogP contribution in [0.4, 0.5) is 20.0 Å². The number of hydrogen-bond donors (Lipinski definition) is 3. The highest BCUT2D eigenvalue weighted by Gasteiger charge is 2.26. The number of nitrogens with one attached hydrogen (secondary N) is 3. The number of methoxy groups -OCH3 is 1. The minimum absolute atomic E-state index is 0.222. The van der Waals surface area contributed by atoms with E-state index in [2.05, 4.69) is 34.8 Å². The number of carbonyl (C=O) groups is 1. The number of amides is 2. The molecule has 0 bridgehead atoms. The van der Waals surface area contributed by atoms with Crippen LogP contribution >= 0.6 is 11.3 Å². The molecule has 3 N–H and O–H groups in total. The van der Waals surface area contributed by atoms with Crippen LogP contribution in [0.5, 0.6) is 5.75 Å². The third-order valence-electron chi connectivity index (χ3n) is 6.10. The first kappa shape index (κ1) is 24.0. The summed E-state index contributed by atoms with van der Waals surface area (Å²) >= 11 is 1.37. The molecule has 1 saturated heterocycles. The Labute approximate surface area is 203 Å². The van der Waals surface area contributed by atoms with Crippen LogP contribution in [0.15, 0.2) is 47.8 Å². The summed E-state index contributed by atoms with van der Waals surface area (Å²) in [6.07, 6.45) is 0. The predicted molar refractivity (Wildman–Crippen MR) is 135 cm³/mol. The van der Waals surface area contributed by atoms with Crippen molar-refractivity contribution >= 4 is 28.2 Å². The Morgan fingerprint density at radius 3 is 2.62 bits per heavy atom. The maximum atomic E-state index is 14.6. The smallest absolute Gasteiger partial charge is 0.321 e. The van der Waals surface area contributed by atoms with Crippen molar-refractivity contribution in [3.05, 3.63) is 70.5 Å². The molecule has 34 heavy (non-hydrogen) atoms. The van der Waals surface area contributed by atoms with E-state index in [1.165, 1.54) is 17.4 Å². The van der Waals surface area contributed by atoms with Gasteiger partial charge in [0.15, 0.2) is 5.13 Å². The van der Waals surface area contributed by atoms with Gasteiger partial charge in [0.2, 0.25) is 0 Å². The molecule has 9 heteroatoms. The van der Waals surface area contributed by atoms with Crippen molar-refractivity contribution in [3.63, 3.8) is 0 Å². The van der Waals surface area contributed by atoms with Crippen molar-refractivity contribution in [2.24, 2.45) is 0 Å². The SMILES string of the molecule is COc1ccc(C(C)(C)c2csc(NC(=O)NCc3ccc(N4CCNCC4)c(F)c3)n2)cc1. The van der Waals surface area contributed by atoms with Gasteiger partial charge in [-0.15, -0.1) is 11.3 Å². The number of carbonyl (C=O) groups excluding carboxylic acids is 1. The summed E-state index contributed by atoms with van der Waals surface area (Å²) in [6, 6.07) is 12.6. The quantitative estimate of drug-likeness (QED) is 0.466. The zero-order chi connectivity index (χ0) is 24.1. The first-order valence-electron chi connectivity index (χ1n) is 11.3. The first-order chi connectivity index (χ1) is 16.4. The Kier molecular flexibility index (Phi) is 7.33. The van der Waals surface area contributed by atoms with E-state index in [0.29, 0.717) is 16.4 Å². The van der Waals surface area contributed by atoms with Gasteiger partial charge in [0.1, 0.15) is 11.6 Å². The van der Waals surface area contributed by atoms with Crippen LogP contribution in [-0.2, 0) is 12.0 Å². The van der Waals surface area contributed by atoms with E-state index < -0.39 is 0 Å². The van der Waals surface area contributed by atoms with Gasteiger partial charge in [0.25, 0.3) is 0 Å². The molecule has 0 spiro atoms. The van der Waals surface area contributed by atoms with Crippen molar-refractivity contribution in [2.75, 3.05) is 43.5 Å². The minimum Gasteiger partial charge on any atom is -0.497 e. The van der Waals surface area contributed by atoms with Crippen molar-refractivity contribution < 1.29 is 13.9 Å². The van der Waals surface area contributed by atoms with Crippen molar-refractivity contribution in [1.29, 1.82) is 0 Å². The van der Waals surface area contributed by atoms with Crippen LogP contribution in [0.3, 0.4) is 0 Å². The van der Waals surface area contributed by atoms with E-state index >= 15 is 0 Å². The molecule has 3 aromatic rings. The van der Waals surface area contributed by atoms with Crippen LogP contribution in [0.1, 0.15) is 30.7 Å². The number of ether oxygens (including phenoxy) is 1. The maximum Gasteiger partial charge on any atom is 0.321 e. The van der Waals surface area contributed by atoms with Gasteiger partial charge in [-0.3, -0.25) is 5.32 Å². The van der Waals surface area contributed by atoms with Gasteiger partial charge in [-0.05, 0) is 35.4 Å². The number of nitrogens with zero attached hydrogens (tertiary/aromatic N) is 2. The molecule has 0 saturated carbocycles. The molecular weight excluding hydrogens is 453 g/mol. The fraction of sp³-hybridized carbons (Fsp3) is 0.360. The zero-order valence-corrected chi connectivity index (χ0v) is 20.5. The van der Waals surface area contributed by atoms with E-state index in [-0.39, 0.29) is 23.8 Å². The monoisotopic (exact) mass is 483 g/mol. The third kappa shape index (κ3) is 5.48. The summed E-state index contributed by atoms with van der Waals surface area (Å²) in [4.78, 5) is 19.1. The van der Waals surface area contributed by atoms with Crippen molar-refractivity contribution in [1.82, 2.24) is 15.6 Å². The second-order valence-electron chi connectivity index (χ2n) is 8.72. The lowest BCUT2D eigenvalue weighted by atomic mass is 9.82. The highest BCUT2D eigenvalue weighted by atomic mass is 32.1. The largest absolute Gasteiger partial charge is 0.497 e. The molecule has 4 rings (SSSR count). The molecule has 2 heterocycles. The fourth-order valence-electron chi connectivity index (χ4n) is 3.92. The lowest BCUT2D eigenvalue weighted by molar-refractivity contribution is 0.251. The van der Waals surface area contributed by atoms with Gasteiger partial charge in [-0.2, -0.15) is 0 Å². The summed E-state index contributed by atoms with van der Waals surface area (Å²) in [6.45, 7) is 7.65. The summed E-state index contributed by atoms with van der Waals surface area (Å²) in [5.41, 5.74) is 2.93. The predicted octanol–water partition coefficient (Wildman–Crippen LogP) is 4.35. The maximum absolute atomic E-state index is 14.6. The number of anilines is 2. The van der Waals surface area contributed by atoms with Gasteiger partial charge in [-0.25, -0.2) is 14.2 Å². The van der Waals surface area contributed by atoms with Crippen molar-refractivity contribution in [3.8, 4) is 5.75 Å². The highest BCUT2D eigenvalue weighted by molar-refractivity contribution is 7.13. The first-order valence-corrected chi connectivity index (χ1v) is 12.1. The van der Waals surface area contributed by atoms with Gasteiger partial charge in [0.05, 0.1) is 18.5 Å². The topological polar surface area (TPSA) is 78.5 Å². The summed E-state index contributed by atoms with van der Waals surface area (Å²) < 4.78 is 19.8. The molecule has 0 aliphatic carbocycles. The van der Waals surface area contributed by atoms with E-state index in [1.807, 2.05) is 40.6 Å². The number of aromatic nitrogens is 1. The summed E-state index contributed by atoms with van der Waals surface area (Å²) in [5.74, 6) is 0.530. The van der Waals surface area contributed by atoms with Gasteiger partial charge in [-0.1, -0.05) is 32.0 Å². The normalized spacial score (nSPS) is 14.1. The molecule has 1 aromatic heterocycles. The van der Waals surface area contributed by atoms with E-state index in [0.717, 1.165) is 43.2 Å². The molecule has 2 amide bonds. The van der Waals surface area contributed by atoms with Crippen molar-refractivity contribution in [2.45, 2.75) is 25.8 Å². The second kappa shape index (κ2) is 10.4. The van der Waals surface area contributed by atoms with E-state index in [4.69, 9.17) is 4.74 Å². The lowest BCUT2D eigenvalue weighted by Crippen LogP contribution is -2.43. The number of urea groups is 1. The van der Waals surface area contributed by atoms with Gasteiger partial charge < -0.3 is 20.3 Å². The van der Waals surface area contributed by atoms with Crippen LogP contribution in [0, 0.1) is 5.82 Å². The van der Waals surface area contributed by atoms with Gasteiger partial charge in [0, 0.05) is 43.5 Å². The van der Waals surface area contributed by atoms with Crippen LogP contribution in [-0.4, -0.2) is 44.3 Å². The lowest BCUT2D eigenvalue weighted by Gasteiger charge is -2.29. The Bertz CT molecular complexity index is 1130. The molecule has 7 nitrogen and oxygen atoms in total. The molecule has 0 unspecified atom stereocenters. The Hall–Kier alpha value is -3.17. The van der Waals surface area contributed by atoms with E-state index in [1.54, 1.807) is 13.2 Å². The van der Waals surface area contributed by atoms with Crippen LogP contribution in [0.2, 0.25) is 0 Å². The molecule has 1 fully saturated rings. The minimum atomic E-state index is -0.380. The Morgan fingerprint density at radius 2 is 1.94 bits per heavy atom.